The smallest absolute Gasteiger partial charge is 0.462 e. The Bertz CT molecular complexity index is 1880. The summed E-state index contributed by atoms with van der Waals surface area (Å²) in [5.74, 6) is -0.523. The number of unbranched alkanes of at least 4 members (excludes halogenated alkanes) is 45. The van der Waals surface area contributed by atoms with Gasteiger partial charge >= 0.3 is 39.5 Å². The van der Waals surface area contributed by atoms with Gasteiger partial charge in [0, 0.05) is 25.7 Å². The number of esters is 4. The van der Waals surface area contributed by atoms with E-state index in [9.17, 15) is 43.2 Å². The summed E-state index contributed by atoms with van der Waals surface area (Å²) < 4.78 is 68.7. The van der Waals surface area contributed by atoms with Crippen molar-refractivity contribution in [3.8, 4) is 0 Å². The number of ether oxygens (including phenoxy) is 4. The van der Waals surface area contributed by atoms with E-state index in [1.54, 1.807) is 0 Å². The van der Waals surface area contributed by atoms with Crippen LogP contribution in [-0.2, 0) is 65.4 Å². The molecule has 3 N–H and O–H groups in total. The quantitative estimate of drug-likeness (QED) is 0.0222. The van der Waals surface area contributed by atoms with Crippen LogP contribution < -0.4 is 0 Å². The van der Waals surface area contributed by atoms with E-state index in [-0.39, 0.29) is 25.7 Å². The van der Waals surface area contributed by atoms with Gasteiger partial charge in [-0.2, -0.15) is 0 Å². The van der Waals surface area contributed by atoms with Gasteiger partial charge in [-0.25, -0.2) is 9.13 Å². The van der Waals surface area contributed by atoms with E-state index < -0.39 is 97.5 Å². The predicted molar refractivity (Wildman–Crippen MR) is 395 cm³/mol. The highest BCUT2D eigenvalue weighted by Gasteiger charge is 2.30. The van der Waals surface area contributed by atoms with Gasteiger partial charge in [-0.3, -0.25) is 37.3 Å². The number of hydrogen-bond acceptors (Lipinski definition) is 15. The van der Waals surface area contributed by atoms with Gasteiger partial charge in [-0.15, -0.1) is 0 Å². The zero-order valence-corrected chi connectivity index (χ0v) is 65.2. The van der Waals surface area contributed by atoms with E-state index in [2.05, 4.69) is 41.5 Å². The summed E-state index contributed by atoms with van der Waals surface area (Å²) in [5, 5.41) is 10.6. The summed E-state index contributed by atoms with van der Waals surface area (Å²) in [4.78, 5) is 73.0. The first-order chi connectivity index (χ1) is 46.9. The molecule has 0 aromatic carbocycles. The molecule has 7 atom stereocenters. The molecule has 0 heterocycles. The van der Waals surface area contributed by atoms with E-state index in [0.717, 1.165) is 102 Å². The zero-order valence-electron chi connectivity index (χ0n) is 63.4. The van der Waals surface area contributed by atoms with Crippen molar-refractivity contribution in [2.45, 2.75) is 426 Å². The second-order valence-corrected chi connectivity index (χ2v) is 31.5. The topological polar surface area (TPSA) is 237 Å². The third-order valence-corrected chi connectivity index (χ3v) is 20.8. The van der Waals surface area contributed by atoms with Crippen molar-refractivity contribution in [3.63, 3.8) is 0 Å². The fourth-order valence-corrected chi connectivity index (χ4v) is 13.5. The molecule has 0 spiro atoms. The number of aliphatic hydroxyl groups excluding tert-OH is 1. The number of rotatable bonds is 77. The molecule has 0 saturated carbocycles. The Kier molecular flexibility index (Phi) is 68.4. The number of phosphoric acid groups is 2. The molecule has 0 aromatic rings. The third kappa shape index (κ3) is 69.5. The van der Waals surface area contributed by atoms with E-state index >= 15 is 0 Å². The molecule has 4 unspecified atom stereocenters. The minimum Gasteiger partial charge on any atom is -0.462 e. The van der Waals surface area contributed by atoms with Gasteiger partial charge in [-0.1, -0.05) is 356 Å². The number of phosphoric ester groups is 2. The second kappa shape index (κ2) is 69.8. The van der Waals surface area contributed by atoms with Crippen LogP contribution in [0.15, 0.2) is 0 Å². The fourth-order valence-electron chi connectivity index (χ4n) is 11.9. The largest absolute Gasteiger partial charge is 0.472 e. The number of carbonyl (C=O) groups excluding carboxylic acids is 4. The SMILES string of the molecule is CCCCCCCCCCCCCCCCCCCC(=O)O[C@H](COC(=O)CCCCCCCCCCCCC(C)CC)COP(=O)(O)OC[C@@H](O)COP(=O)(O)OC[C@@H](COC(=O)CCCCCCCCCCC(C)CC)OC(=O)CCCCCCCCCCCCCCCC. The number of hydrogen-bond donors (Lipinski definition) is 3. The van der Waals surface area contributed by atoms with Crippen molar-refractivity contribution in [2.75, 3.05) is 39.6 Å². The van der Waals surface area contributed by atoms with Gasteiger partial charge in [0.15, 0.2) is 12.2 Å². The lowest BCUT2D eigenvalue weighted by Gasteiger charge is -2.21. The van der Waals surface area contributed by atoms with Crippen LogP contribution in [0, 0.1) is 11.8 Å². The Labute approximate surface area is 594 Å². The molecular formula is C78H152O17P2. The van der Waals surface area contributed by atoms with Gasteiger partial charge in [0.05, 0.1) is 26.4 Å². The Morgan fingerprint density at radius 3 is 0.732 bits per heavy atom. The minimum absolute atomic E-state index is 0.108. The summed E-state index contributed by atoms with van der Waals surface area (Å²) in [6.45, 7) is 9.65. The molecule has 17 nitrogen and oxygen atoms in total. The molecule has 0 aromatic heterocycles. The first-order valence-electron chi connectivity index (χ1n) is 40.6. The molecule has 0 aliphatic carbocycles. The summed E-state index contributed by atoms with van der Waals surface area (Å²) in [6.07, 6.45) is 58.0. The van der Waals surface area contributed by atoms with Crippen molar-refractivity contribution in [2.24, 2.45) is 11.8 Å². The van der Waals surface area contributed by atoms with Crippen LogP contribution in [-0.4, -0.2) is 96.7 Å². The maximum absolute atomic E-state index is 13.1. The van der Waals surface area contributed by atoms with E-state index in [1.165, 1.54) is 225 Å². The Morgan fingerprint density at radius 2 is 0.495 bits per heavy atom. The molecule has 0 aliphatic heterocycles. The minimum atomic E-state index is -4.96. The fraction of sp³-hybridized carbons (Fsp3) is 0.949. The molecule has 19 heteroatoms. The van der Waals surface area contributed by atoms with Gasteiger partial charge in [-0.05, 0) is 37.5 Å². The number of aliphatic hydroxyl groups is 1. The standard InChI is InChI=1S/C78H152O17P2/c1-7-11-13-15-17-19-21-23-25-26-27-29-31-37-45-51-57-63-78(83)94-73(66-88-75(80)60-54-48-42-35-33-32-34-40-46-52-58-70(5)9-3)68-92-96(84,85)90-64-72(79)65-91-97(86,87)93-69-74(67-89-76(81)61-55-49-43-39-38-41-47-53-59-71(6)10-4)95-77(82)62-56-50-44-36-30-28-24-22-20-18-16-14-12-8-2/h70-74,79H,7-69H2,1-6H3,(H,84,85)(H,86,87)/t70?,71?,72-,73-,74-/m1/s1. The second-order valence-electron chi connectivity index (χ2n) is 28.6. The normalized spacial score (nSPS) is 14.5. The van der Waals surface area contributed by atoms with Crippen LogP contribution in [0.25, 0.3) is 0 Å². The van der Waals surface area contributed by atoms with Crippen LogP contribution >= 0.6 is 15.6 Å². The van der Waals surface area contributed by atoms with Crippen LogP contribution in [0.5, 0.6) is 0 Å². The molecule has 0 saturated heterocycles. The summed E-state index contributed by atoms with van der Waals surface area (Å²) in [6, 6.07) is 0. The Hall–Kier alpha value is -1.94. The summed E-state index contributed by atoms with van der Waals surface area (Å²) >= 11 is 0. The van der Waals surface area contributed by atoms with Crippen molar-refractivity contribution in [1.29, 1.82) is 0 Å². The van der Waals surface area contributed by atoms with Crippen molar-refractivity contribution >= 4 is 39.5 Å². The van der Waals surface area contributed by atoms with Crippen LogP contribution in [0.4, 0.5) is 0 Å². The summed E-state index contributed by atoms with van der Waals surface area (Å²) in [7, 11) is -9.92. The van der Waals surface area contributed by atoms with E-state index in [1.807, 2.05) is 0 Å². The van der Waals surface area contributed by atoms with Crippen molar-refractivity contribution < 1.29 is 80.2 Å². The Balaban J connectivity index is 5.27. The molecule has 0 fully saturated rings. The van der Waals surface area contributed by atoms with Gasteiger partial charge < -0.3 is 33.8 Å². The predicted octanol–water partition coefficient (Wildman–Crippen LogP) is 23.1. The monoisotopic (exact) mass is 1420 g/mol. The third-order valence-electron chi connectivity index (χ3n) is 18.9. The highest BCUT2D eigenvalue weighted by molar-refractivity contribution is 7.47. The molecule has 97 heavy (non-hydrogen) atoms. The van der Waals surface area contributed by atoms with Crippen molar-refractivity contribution in [1.82, 2.24) is 0 Å². The first-order valence-corrected chi connectivity index (χ1v) is 43.6. The van der Waals surface area contributed by atoms with Gasteiger partial charge in [0.1, 0.15) is 19.3 Å². The first kappa shape index (κ1) is 95.1. The lowest BCUT2D eigenvalue weighted by Crippen LogP contribution is -2.30. The Morgan fingerprint density at radius 1 is 0.289 bits per heavy atom. The van der Waals surface area contributed by atoms with Gasteiger partial charge in [0.2, 0.25) is 0 Å². The van der Waals surface area contributed by atoms with E-state index in [4.69, 9.17) is 37.0 Å². The van der Waals surface area contributed by atoms with Crippen LogP contribution in [0.1, 0.15) is 408 Å². The highest BCUT2D eigenvalue weighted by Crippen LogP contribution is 2.45. The molecule has 0 bridgehead atoms. The average Bonchev–Trinajstić information content (AvgIpc) is 1.81. The lowest BCUT2D eigenvalue weighted by atomic mass is 9.99. The maximum Gasteiger partial charge on any atom is 0.472 e. The number of carbonyl (C=O) groups is 4. The molecule has 0 rings (SSSR count). The zero-order chi connectivity index (χ0) is 71.4. The molecule has 0 aliphatic rings. The maximum atomic E-state index is 13.1. The van der Waals surface area contributed by atoms with Crippen LogP contribution in [0.2, 0.25) is 0 Å². The molecule has 576 valence electrons. The summed E-state index contributed by atoms with van der Waals surface area (Å²) in [5.41, 5.74) is 0. The van der Waals surface area contributed by atoms with Crippen LogP contribution in [0.3, 0.4) is 0 Å². The molecular weight excluding hydrogens is 1270 g/mol. The van der Waals surface area contributed by atoms with Crippen molar-refractivity contribution in [3.05, 3.63) is 0 Å². The molecule has 0 radical (unpaired) electrons. The highest BCUT2D eigenvalue weighted by atomic mass is 31.2. The van der Waals surface area contributed by atoms with E-state index in [0.29, 0.717) is 25.7 Å². The molecule has 0 amide bonds. The lowest BCUT2D eigenvalue weighted by molar-refractivity contribution is -0.161. The average molecular weight is 1420 g/mol. The van der Waals surface area contributed by atoms with Gasteiger partial charge in [0.25, 0.3) is 0 Å².